The first-order valence-corrected chi connectivity index (χ1v) is 7.75. The maximum absolute atomic E-state index is 10.7. The molecular weight excluding hydrogens is 341 g/mol. The Bertz CT molecular complexity index is 284. The summed E-state index contributed by atoms with van der Waals surface area (Å²) in [4.78, 5) is 10.7. The Morgan fingerprint density at radius 1 is 1.42 bits per heavy atom. The Morgan fingerprint density at radius 2 is 2.08 bits per heavy atom. The molecule has 0 saturated carbocycles. The van der Waals surface area contributed by atoms with Crippen LogP contribution >= 0.6 is 0 Å². The summed E-state index contributed by atoms with van der Waals surface area (Å²) in [6.45, 7) is 0. The van der Waals surface area contributed by atoms with E-state index in [0.29, 0.717) is 5.56 Å². The normalized spacial score (nSPS) is 9.83. The van der Waals surface area contributed by atoms with Crippen molar-refractivity contribution in [1.82, 2.24) is 0 Å². The van der Waals surface area contributed by atoms with Crippen molar-refractivity contribution in [3.63, 3.8) is 0 Å². The number of aromatic carboxylic acids is 1. The summed E-state index contributed by atoms with van der Waals surface area (Å²) in [5.74, 6) is -0.813. The molecule has 2 nitrogen and oxygen atoms in total. The van der Waals surface area contributed by atoms with Crippen molar-refractivity contribution in [1.29, 1.82) is 0 Å². The summed E-state index contributed by atoms with van der Waals surface area (Å²) in [6.07, 6.45) is 0.922. The quantitative estimate of drug-likeness (QED) is 0.846. The molecule has 0 unspecified atom stereocenters. The van der Waals surface area contributed by atoms with Crippen LogP contribution in [0.25, 0.3) is 0 Å². The van der Waals surface area contributed by atoms with E-state index < -0.39 is 5.97 Å². The predicted molar refractivity (Wildman–Crippen MR) is 41.9 cm³/mol. The number of carbonyl (C=O) groups is 1. The van der Waals surface area contributed by atoms with Gasteiger partial charge in [0.05, 0.1) is 0 Å². The number of carboxylic acid groups (broad SMARTS) is 1. The van der Waals surface area contributed by atoms with Gasteiger partial charge in [0.15, 0.2) is 0 Å². The van der Waals surface area contributed by atoms with Crippen LogP contribution in [0.5, 0.6) is 0 Å². The minimum absolute atomic E-state index is 0.461. The molecule has 0 saturated heterocycles. The number of hydrogen-bond donors (Lipinski definition) is 1. The molecule has 0 heterocycles. The second-order valence-electron chi connectivity index (χ2n) is 2.57. The van der Waals surface area contributed by atoms with Gasteiger partial charge < -0.3 is 0 Å². The molecule has 0 amide bonds. The zero-order valence-electron chi connectivity index (χ0n) is 6.79. The van der Waals surface area contributed by atoms with Gasteiger partial charge in [-0.15, -0.1) is 0 Å². The van der Waals surface area contributed by atoms with Gasteiger partial charge in [-0.3, -0.25) is 0 Å². The van der Waals surface area contributed by atoms with Crippen molar-refractivity contribution in [2.75, 3.05) is 0 Å². The van der Waals surface area contributed by atoms with Crippen LogP contribution in [-0.2, 0) is 32.5 Å². The van der Waals surface area contributed by atoms with Gasteiger partial charge in [-0.1, -0.05) is 0 Å². The number of aryl methyl sites for hydroxylation is 1. The summed E-state index contributed by atoms with van der Waals surface area (Å²) in [7, 11) is 0. The molecular formula is C9H9HgO2+. The van der Waals surface area contributed by atoms with Gasteiger partial charge in [0, 0.05) is 0 Å². The SMILES string of the molecule is O=C(O)c1ccccc1C[CH2][Hg+]. The zero-order chi connectivity index (χ0) is 8.97. The third-order valence-corrected chi connectivity index (χ3v) is 3.07. The fourth-order valence-electron chi connectivity index (χ4n) is 1.14. The zero-order valence-corrected chi connectivity index (χ0v) is 12.3. The molecule has 12 heavy (non-hydrogen) atoms. The molecule has 0 aliphatic heterocycles. The van der Waals surface area contributed by atoms with E-state index in [1.807, 2.05) is 12.1 Å². The maximum atomic E-state index is 10.7. The molecule has 0 aromatic heterocycles. The molecule has 1 N–H and O–H groups in total. The topological polar surface area (TPSA) is 37.3 Å². The summed E-state index contributed by atoms with van der Waals surface area (Å²) in [6, 6.07) is 7.23. The van der Waals surface area contributed by atoms with Crippen LogP contribution in [0.1, 0.15) is 15.9 Å². The third-order valence-electron chi connectivity index (χ3n) is 1.69. The average molecular weight is 350 g/mol. The van der Waals surface area contributed by atoms with Crippen molar-refractivity contribution in [3.8, 4) is 0 Å². The van der Waals surface area contributed by atoms with Crippen LogP contribution in [-0.4, -0.2) is 11.1 Å². The van der Waals surface area contributed by atoms with E-state index in [1.165, 1.54) is 3.93 Å². The molecule has 58 valence electrons. The van der Waals surface area contributed by atoms with Gasteiger partial charge in [0.25, 0.3) is 0 Å². The van der Waals surface area contributed by atoms with Gasteiger partial charge in [0.1, 0.15) is 0 Å². The van der Waals surface area contributed by atoms with Crippen LogP contribution in [0.2, 0.25) is 3.93 Å². The van der Waals surface area contributed by atoms with Crippen molar-refractivity contribution < 1.29 is 36.0 Å². The first-order chi connectivity index (χ1) is 5.75. The summed E-state index contributed by atoms with van der Waals surface area (Å²) >= 11 is 0.758. The number of benzene rings is 1. The average Bonchev–Trinajstić information content (AvgIpc) is 2.05. The van der Waals surface area contributed by atoms with Gasteiger partial charge in [-0.05, 0) is 0 Å². The Balaban J connectivity index is 3.00. The summed E-state index contributed by atoms with van der Waals surface area (Å²) < 4.78 is 1.17. The van der Waals surface area contributed by atoms with Gasteiger partial charge in [-0.25, -0.2) is 0 Å². The van der Waals surface area contributed by atoms with Crippen molar-refractivity contribution in [2.24, 2.45) is 0 Å². The molecule has 0 aliphatic carbocycles. The molecule has 0 spiro atoms. The van der Waals surface area contributed by atoms with Crippen molar-refractivity contribution >= 4 is 5.97 Å². The van der Waals surface area contributed by atoms with E-state index in [1.54, 1.807) is 12.1 Å². The molecule has 0 atom stereocenters. The number of rotatable bonds is 3. The third kappa shape index (κ3) is 2.30. The minimum atomic E-state index is -0.813. The predicted octanol–water partition coefficient (Wildman–Crippen LogP) is 1.89. The van der Waals surface area contributed by atoms with Crippen LogP contribution < -0.4 is 0 Å². The fourth-order valence-corrected chi connectivity index (χ4v) is 2.62. The fraction of sp³-hybridized carbons (Fsp3) is 0.222. The molecule has 0 radical (unpaired) electrons. The summed E-state index contributed by atoms with van der Waals surface area (Å²) in [5, 5.41) is 8.81. The van der Waals surface area contributed by atoms with E-state index in [2.05, 4.69) is 0 Å². The molecule has 1 rings (SSSR count). The number of hydrogen-bond acceptors (Lipinski definition) is 1. The molecule has 0 fully saturated rings. The van der Waals surface area contributed by atoms with Crippen LogP contribution in [0.15, 0.2) is 24.3 Å². The second kappa shape index (κ2) is 4.60. The van der Waals surface area contributed by atoms with E-state index in [-0.39, 0.29) is 0 Å². The van der Waals surface area contributed by atoms with E-state index in [0.717, 1.165) is 38.1 Å². The Hall–Kier alpha value is -0.375. The Labute approximate surface area is 87.6 Å². The molecule has 0 bridgehead atoms. The van der Waals surface area contributed by atoms with E-state index >= 15 is 0 Å². The van der Waals surface area contributed by atoms with Crippen LogP contribution in [0.3, 0.4) is 0 Å². The molecule has 1 aromatic rings. The monoisotopic (exact) mass is 351 g/mol. The standard InChI is InChI=1S/C9H9O2.Hg/c1-2-7-5-3-4-6-8(7)9(10)11;/h3-6H,1-2H2,(H,10,11);/q;+1. The first-order valence-electron chi connectivity index (χ1n) is 3.86. The number of carboxylic acids is 1. The van der Waals surface area contributed by atoms with Crippen molar-refractivity contribution in [2.45, 2.75) is 10.4 Å². The Morgan fingerprint density at radius 3 is 2.67 bits per heavy atom. The molecule has 0 aliphatic rings. The first kappa shape index (κ1) is 9.71. The van der Waals surface area contributed by atoms with Crippen LogP contribution in [0, 0.1) is 0 Å². The molecule has 3 heteroatoms. The van der Waals surface area contributed by atoms with E-state index in [4.69, 9.17) is 5.11 Å². The Kier molecular flexibility index (Phi) is 3.72. The molecule has 1 aromatic carbocycles. The summed E-state index contributed by atoms with van der Waals surface area (Å²) in [5.41, 5.74) is 1.43. The van der Waals surface area contributed by atoms with Crippen molar-refractivity contribution in [3.05, 3.63) is 35.4 Å². The van der Waals surface area contributed by atoms with Gasteiger partial charge >= 0.3 is 87.7 Å². The van der Waals surface area contributed by atoms with E-state index in [9.17, 15) is 4.79 Å². The second-order valence-corrected chi connectivity index (χ2v) is 5.31. The van der Waals surface area contributed by atoms with Gasteiger partial charge in [-0.2, -0.15) is 0 Å². The van der Waals surface area contributed by atoms with Gasteiger partial charge in [0.2, 0.25) is 0 Å². The van der Waals surface area contributed by atoms with Crippen LogP contribution in [0.4, 0.5) is 0 Å².